The largest absolute Gasteiger partial charge is 0.496 e. The van der Waals surface area contributed by atoms with Gasteiger partial charge in [0.1, 0.15) is 11.5 Å². The van der Waals surface area contributed by atoms with E-state index in [1.165, 1.54) is 0 Å². The number of hydrazone groups is 1. The van der Waals surface area contributed by atoms with E-state index in [1.54, 1.807) is 7.11 Å². The van der Waals surface area contributed by atoms with Crippen LogP contribution in [0.15, 0.2) is 11.2 Å². The molecule has 1 aromatic carbocycles. The summed E-state index contributed by atoms with van der Waals surface area (Å²) in [7, 11) is 1.58. The summed E-state index contributed by atoms with van der Waals surface area (Å²) >= 11 is 6.25. The van der Waals surface area contributed by atoms with Gasteiger partial charge in [0, 0.05) is 30.0 Å². The van der Waals surface area contributed by atoms with Crippen molar-refractivity contribution in [3.8, 4) is 5.75 Å². The van der Waals surface area contributed by atoms with E-state index in [9.17, 15) is 9.59 Å². The molecule has 0 radical (unpaired) electrons. The number of halogens is 1. The van der Waals surface area contributed by atoms with Gasteiger partial charge >= 0.3 is 0 Å². The molecule has 0 saturated heterocycles. The van der Waals surface area contributed by atoms with E-state index in [4.69, 9.17) is 16.3 Å². The summed E-state index contributed by atoms with van der Waals surface area (Å²) in [5, 5.41) is 7.21. The van der Waals surface area contributed by atoms with Crippen molar-refractivity contribution in [2.45, 2.75) is 33.2 Å². The van der Waals surface area contributed by atoms with Crippen LogP contribution in [0.5, 0.6) is 5.75 Å². The lowest BCUT2D eigenvalue weighted by Gasteiger charge is -2.16. The fraction of sp³-hybridized carbons (Fsp3) is 0.400. The van der Waals surface area contributed by atoms with Crippen LogP contribution in [0.4, 0.5) is 0 Å². The van der Waals surface area contributed by atoms with Crippen LogP contribution in [0.1, 0.15) is 29.5 Å². The molecule has 0 spiro atoms. The summed E-state index contributed by atoms with van der Waals surface area (Å²) in [6.07, 6.45) is 0.605. The van der Waals surface area contributed by atoms with E-state index in [0.29, 0.717) is 22.9 Å². The van der Waals surface area contributed by atoms with Gasteiger partial charge in [-0.1, -0.05) is 11.6 Å². The number of rotatable bonds is 4. The summed E-state index contributed by atoms with van der Waals surface area (Å²) < 4.78 is 5.36. The third-order valence-electron chi connectivity index (χ3n) is 3.59. The second-order valence-corrected chi connectivity index (χ2v) is 5.47. The van der Waals surface area contributed by atoms with Crippen LogP contribution < -0.4 is 15.5 Å². The molecule has 6 nitrogen and oxygen atoms in total. The number of carbonyl (C=O) groups is 2. The Labute approximate surface area is 133 Å². The molecule has 0 saturated carbocycles. The number of amides is 2. The molecule has 0 bridgehead atoms. The van der Waals surface area contributed by atoms with Crippen LogP contribution in [0.25, 0.3) is 0 Å². The van der Waals surface area contributed by atoms with Gasteiger partial charge in [-0.15, -0.1) is 0 Å². The Morgan fingerprint density at radius 3 is 2.77 bits per heavy atom. The molecule has 1 aliphatic rings. The fourth-order valence-corrected chi connectivity index (χ4v) is 2.44. The SMILES string of the molecule is COc1cc(C)c(Cl)c(C)c1CNC(=O)C1=NNC(=O)CC1. The molecular formula is C15H18ClN3O3. The Morgan fingerprint density at radius 1 is 1.45 bits per heavy atom. The van der Waals surface area contributed by atoms with Crippen molar-refractivity contribution in [1.29, 1.82) is 0 Å². The van der Waals surface area contributed by atoms with Crippen molar-refractivity contribution in [2.75, 3.05) is 7.11 Å². The minimum Gasteiger partial charge on any atom is -0.496 e. The van der Waals surface area contributed by atoms with Gasteiger partial charge in [-0.05, 0) is 31.0 Å². The maximum Gasteiger partial charge on any atom is 0.267 e. The topological polar surface area (TPSA) is 79.8 Å². The van der Waals surface area contributed by atoms with Crippen molar-refractivity contribution in [3.63, 3.8) is 0 Å². The zero-order valence-electron chi connectivity index (χ0n) is 12.7. The van der Waals surface area contributed by atoms with Crippen molar-refractivity contribution in [1.82, 2.24) is 10.7 Å². The van der Waals surface area contributed by atoms with E-state index in [0.717, 1.165) is 16.7 Å². The van der Waals surface area contributed by atoms with E-state index in [1.807, 2.05) is 19.9 Å². The molecule has 22 heavy (non-hydrogen) atoms. The number of hydrogen-bond acceptors (Lipinski definition) is 4. The third-order valence-corrected chi connectivity index (χ3v) is 4.17. The van der Waals surface area contributed by atoms with Gasteiger partial charge in [0.05, 0.1) is 7.11 Å². The van der Waals surface area contributed by atoms with Crippen molar-refractivity contribution in [2.24, 2.45) is 5.10 Å². The number of carbonyl (C=O) groups excluding carboxylic acids is 2. The first-order chi connectivity index (χ1) is 10.4. The Balaban J connectivity index is 2.13. The summed E-state index contributed by atoms with van der Waals surface area (Å²) in [4.78, 5) is 23.1. The highest BCUT2D eigenvalue weighted by molar-refractivity contribution is 6.39. The lowest BCUT2D eigenvalue weighted by atomic mass is 10.0. The predicted octanol–water partition coefficient (Wildman–Crippen LogP) is 1.85. The molecule has 2 rings (SSSR count). The smallest absolute Gasteiger partial charge is 0.267 e. The number of benzene rings is 1. The summed E-state index contributed by atoms with van der Waals surface area (Å²) in [5.41, 5.74) is 5.24. The Kier molecular flexibility index (Phi) is 5.03. The molecular weight excluding hydrogens is 306 g/mol. The van der Waals surface area contributed by atoms with Crippen LogP contribution in [0, 0.1) is 13.8 Å². The number of ether oxygens (including phenoxy) is 1. The molecule has 0 atom stereocenters. The van der Waals surface area contributed by atoms with Crippen molar-refractivity contribution < 1.29 is 14.3 Å². The number of methoxy groups -OCH3 is 1. The van der Waals surface area contributed by atoms with Gasteiger partial charge in [-0.25, -0.2) is 5.43 Å². The monoisotopic (exact) mass is 323 g/mol. The maximum absolute atomic E-state index is 12.1. The average molecular weight is 324 g/mol. The van der Waals surface area contributed by atoms with Gasteiger partial charge in [-0.2, -0.15) is 5.10 Å². The van der Waals surface area contributed by atoms with Crippen LogP contribution in [-0.2, 0) is 16.1 Å². The molecule has 0 fully saturated rings. The fourth-order valence-electron chi connectivity index (χ4n) is 2.27. The van der Waals surface area contributed by atoms with E-state index in [2.05, 4.69) is 15.8 Å². The van der Waals surface area contributed by atoms with E-state index < -0.39 is 0 Å². The average Bonchev–Trinajstić information content (AvgIpc) is 2.51. The lowest BCUT2D eigenvalue weighted by molar-refractivity contribution is -0.121. The van der Waals surface area contributed by atoms with E-state index in [-0.39, 0.29) is 24.8 Å². The second-order valence-electron chi connectivity index (χ2n) is 5.09. The summed E-state index contributed by atoms with van der Waals surface area (Å²) in [5.74, 6) is 0.191. The predicted molar refractivity (Wildman–Crippen MR) is 84.1 cm³/mol. The Morgan fingerprint density at radius 2 is 2.18 bits per heavy atom. The molecule has 1 aliphatic heterocycles. The Hall–Kier alpha value is -2.08. The third kappa shape index (κ3) is 3.39. The van der Waals surface area contributed by atoms with Gasteiger partial charge in [0.2, 0.25) is 5.91 Å². The van der Waals surface area contributed by atoms with E-state index >= 15 is 0 Å². The van der Waals surface area contributed by atoms with Crippen molar-refractivity contribution >= 4 is 29.1 Å². The number of nitrogens with zero attached hydrogens (tertiary/aromatic N) is 1. The molecule has 118 valence electrons. The minimum atomic E-state index is -0.307. The van der Waals surface area contributed by atoms with Gasteiger partial charge in [-0.3, -0.25) is 9.59 Å². The minimum absolute atomic E-state index is 0.181. The molecule has 0 aliphatic carbocycles. The number of nitrogens with one attached hydrogen (secondary N) is 2. The molecule has 0 unspecified atom stereocenters. The quantitative estimate of drug-likeness (QED) is 0.887. The van der Waals surface area contributed by atoms with Gasteiger partial charge in [0.15, 0.2) is 0 Å². The molecule has 0 aromatic heterocycles. The Bertz CT molecular complexity index is 656. The van der Waals surface area contributed by atoms with Crippen LogP contribution >= 0.6 is 11.6 Å². The van der Waals surface area contributed by atoms with Crippen LogP contribution in [0.2, 0.25) is 5.02 Å². The maximum atomic E-state index is 12.1. The molecule has 2 amide bonds. The normalized spacial score (nSPS) is 14.2. The zero-order chi connectivity index (χ0) is 16.3. The highest BCUT2D eigenvalue weighted by Crippen LogP contribution is 2.31. The van der Waals surface area contributed by atoms with Crippen LogP contribution in [0.3, 0.4) is 0 Å². The summed E-state index contributed by atoms with van der Waals surface area (Å²) in [6.45, 7) is 4.07. The van der Waals surface area contributed by atoms with Gasteiger partial charge < -0.3 is 10.1 Å². The van der Waals surface area contributed by atoms with Crippen LogP contribution in [-0.4, -0.2) is 24.6 Å². The molecule has 7 heteroatoms. The molecule has 1 aromatic rings. The first-order valence-corrected chi connectivity index (χ1v) is 7.28. The number of hydrogen-bond donors (Lipinski definition) is 2. The first kappa shape index (κ1) is 16.3. The van der Waals surface area contributed by atoms with Crippen molar-refractivity contribution in [3.05, 3.63) is 27.8 Å². The highest BCUT2D eigenvalue weighted by atomic mass is 35.5. The molecule has 2 N–H and O–H groups in total. The van der Waals surface area contributed by atoms with Gasteiger partial charge in [0.25, 0.3) is 5.91 Å². The molecule has 1 heterocycles. The summed E-state index contributed by atoms with van der Waals surface area (Å²) in [6, 6.07) is 1.84. The standard InChI is InChI=1S/C15H18ClN3O3/c1-8-6-12(22-3)10(9(2)14(8)16)7-17-15(21)11-4-5-13(20)19-18-11/h6H,4-5,7H2,1-3H3,(H,17,21)(H,19,20). The highest BCUT2D eigenvalue weighted by Gasteiger charge is 2.19. The zero-order valence-corrected chi connectivity index (χ0v) is 13.5. The number of aryl methyl sites for hydroxylation is 1. The lowest BCUT2D eigenvalue weighted by Crippen LogP contribution is -2.36. The first-order valence-electron chi connectivity index (χ1n) is 6.90. The second kappa shape index (κ2) is 6.79.